The quantitative estimate of drug-likeness (QED) is 0.635. The molecule has 1 amide bonds. The summed E-state index contributed by atoms with van der Waals surface area (Å²) < 4.78 is 6.42. The van der Waals surface area contributed by atoms with Crippen LogP contribution in [0.1, 0.15) is 22.4 Å². The number of amides is 1. The highest BCUT2D eigenvalue weighted by Crippen LogP contribution is 2.39. The Bertz CT molecular complexity index is 1040. The summed E-state index contributed by atoms with van der Waals surface area (Å²) in [6, 6.07) is 16.1. The molecule has 1 unspecified atom stereocenters. The number of aryl methyl sites for hydroxylation is 1. The molecule has 3 aromatic rings. The molecule has 7 heteroatoms. The van der Waals surface area contributed by atoms with Crippen LogP contribution in [0.25, 0.3) is 11.3 Å². The number of nitrogens with zero attached hydrogens (tertiary/aromatic N) is 2. The molecule has 135 valence electrons. The first-order valence-corrected chi connectivity index (χ1v) is 8.75. The molecule has 1 radical (unpaired) electrons. The van der Waals surface area contributed by atoms with Gasteiger partial charge in [0.05, 0.1) is 22.9 Å². The maximum absolute atomic E-state index is 11.6. The first-order valence-electron chi connectivity index (χ1n) is 7.95. The molecular formula is C20H15BrN3O3. The van der Waals surface area contributed by atoms with Crippen LogP contribution >= 0.6 is 15.9 Å². The topological polar surface area (TPSA) is 99.2 Å². The highest BCUT2D eigenvalue weighted by Gasteiger charge is 2.39. The van der Waals surface area contributed by atoms with Crippen LogP contribution < -0.4 is 5.32 Å². The lowest BCUT2D eigenvalue weighted by Crippen LogP contribution is -2.45. The van der Waals surface area contributed by atoms with E-state index in [1.165, 1.54) is 0 Å². The SMILES string of the molecule is [CH2]C(NC(=O)O)(c1ccccc1C#N)c1c(C)noc1-c1ccc(Br)cc1. The number of benzene rings is 2. The van der Waals surface area contributed by atoms with Gasteiger partial charge >= 0.3 is 6.09 Å². The van der Waals surface area contributed by atoms with Crippen LogP contribution in [0, 0.1) is 25.2 Å². The van der Waals surface area contributed by atoms with E-state index in [1.807, 2.05) is 24.3 Å². The lowest BCUT2D eigenvalue weighted by atomic mass is 9.80. The number of hydrogen-bond donors (Lipinski definition) is 2. The Morgan fingerprint density at radius 1 is 1.30 bits per heavy atom. The van der Waals surface area contributed by atoms with Crippen LogP contribution in [0.3, 0.4) is 0 Å². The van der Waals surface area contributed by atoms with Crippen molar-refractivity contribution in [3.05, 3.63) is 82.3 Å². The van der Waals surface area contributed by atoms with Crippen LogP contribution in [-0.2, 0) is 5.54 Å². The van der Waals surface area contributed by atoms with Crippen molar-refractivity contribution >= 4 is 22.0 Å². The van der Waals surface area contributed by atoms with Gasteiger partial charge in [0.25, 0.3) is 0 Å². The van der Waals surface area contributed by atoms with Gasteiger partial charge in [-0.05, 0) is 32.0 Å². The van der Waals surface area contributed by atoms with E-state index in [0.29, 0.717) is 33.7 Å². The van der Waals surface area contributed by atoms with Crippen molar-refractivity contribution in [3.8, 4) is 17.4 Å². The van der Waals surface area contributed by atoms with Crippen LogP contribution in [0.5, 0.6) is 0 Å². The maximum atomic E-state index is 11.6. The molecule has 0 spiro atoms. The van der Waals surface area contributed by atoms with Crippen LogP contribution in [0.4, 0.5) is 4.79 Å². The van der Waals surface area contributed by atoms with Crippen molar-refractivity contribution in [2.24, 2.45) is 0 Å². The average Bonchev–Trinajstić information content (AvgIpc) is 3.04. The molecule has 0 aliphatic heterocycles. The van der Waals surface area contributed by atoms with Crippen molar-refractivity contribution in [2.75, 3.05) is 0 Å². The second-order valence-corrected chi connectivity index (χ2v) is 6.89. The van der Waals surface area contributed by atoms with Crippen molar-refractivity contribution < 1.29 is 14.4 Å². The first-order chi connectivity index (χ1) is 12.9. The minimum absolute atomic E-state index is 0.309. The Hall–Kier alpha value is -3.11. The zero-order valence-corrected chi connectivity index (χ0v) is 15.9. The van der Waals surface area contributed by atoms with E-state index < -0.39 is 11.6 Å². The molecule has 1 atom stereocenters. The molecule has 3 rings (SSSR count). The molecule has 1 heterocycles. The number of carbonyl (C=O) groups is 1. The molecule has 0 saturated heterocycles. The van der Waals surface area contributed by atoms with Gasteiger partial charge in [0.1, 0.15) is 5.54 Å². The van der Waals surface area contributed by atoms with Crippen molar-refractivity contribution in [1.29, 1.82) is 5.26 Å². The Labute approximate surface area is 164 Å². The highest BCUT2D eigenvalue weighted by atomic mass is 79.9. The zero-order valence-electron chi connectivity index (χ0n) is 14.4. The van der Waals surface area contributed by atoms with Crippen molar-refractivity contribution in [2.45, 2.75) is 12.5 Å². The molecule has 2 N–H and O–H groups in total. The van der Waals surface area contributed by atoms with Crippen molar-refractivity contribution in [1.82, 2.24) is 10.5 Å². The van der Waals surface area contributed by atoms with Gasteiger partial charge in [-0.2, -0.15) is 5.26 Å². The Balaban J connectivity index is 2.29. The maximum Gasteiger partial charge on any atom is 0.405 e. The van der Waals surface area contributed by atoms with Gasteiger partial charge in [-0.25, -0.2) is 4.79 Å². The van der Waals surface area contributed by atoms with E-state index in [4.69, 9.17) is 4.52 Å². The summed E-state index contributed by atoms with van der Waals surface area (Å²) in [5.74, 6) is 0.386. The summed E-state index contributed by atoms with van der Waals surface area (Å²) in [5.41, 5.74) is 0.885. The number of nitrogens with one attached hydrogen (secondary N) is 1. The van der Waals surface area contributed by atoms with Gasteiger partial charge in [-0.15, -0.1) is 0 Å². The largest absolute Gasteiger partial charge is 0.465 e. The molecule has 0 aliphatic carbocycles. The van der Waals surface area contributed by atoms with Crippen LogP contribution in [0.2, 0.25) is 0 Å². The number of carboxylic acid groups (broad SMARTS) is 1. The lowest BCUT2D eigenvalue weighted by molar-refractivity contribution is 0.187. The van der Waals surface area contributed by atoms with Gasteiger partial charge in [-0.1, -0.05) is 51.4 Å². The number of nitriles is 1. The lowest BCUT2D eigenvalue weighted by Gasteiger charge is -2.31. The van der Waals surface area contributed by atoms with Gasteiger partial charge in [0, 0.05) is 15.6 Å². The number of aromatic nitrogens is 1. The average molecular weight is 425 g/mol. The fourth-order valence-corrected chi connectivity index (χ4v) is 3.33. The smallest absolute Gasteiger partial charge is 0.405 e. The Kier molecular flexibility index (Phi) is 5.02. The van der Waals surface area contributed by atoms with Gasteiger partial charge < -0.3 is 14.9 Å². The van der Waals surface area contributed by atoms with E-state index in [1.54, 1.807) is 31.2 Å². The summed E-state index contributed by atoms with van der Waals surface area (Å²) in [5, 5.41) is 25.5. The van der Waals surface area contributed by atoms with E-state index in [2.05, 4.69) is 39.4 Å². The minimum atomic E-state index is -1.48. The molecule has 0 bridgehead atoms. The standard InChI is InChI=1S/C20H15BrN3O3/c1-12-17(18(27-24-12)13-7-9-15(21)10-8-13)20(2,23-19(25)26)16-6-4-3-5-14(16)11-22/h3-10,23H,2H2,1H3,(H,25,26). The highest BCUT2D eigenvalue weighted by molar-refractivity contribution is 9.10. The number of halogens is 1. The van der Waals surface area contributed by atoms with Crippen LogP contribution in [0.15, 0.2) is 57.5 Å². The van der Waals surface area contributed by atoms with E-state index in [-0.39, 0.29) is 0 Å². The Morgan fingerprint density at radius 2 is 1.96 bits per heavy atom. The fourth-order valence-electron chi connectivity index (χ4n) is 3.07. The Morgan fingerprint density at radius 3 is 2.59 bits per heavy atom. The summed E-state index contributed by atoms with van der Waals surface area (Å²) in [6.45, 7) is 5.85. The first kappa shape index (κ1) is 18.7. The molecular weight excluding hydrogens is 410 g/mol. The molecule has 27 heavy (non-hydrogen) atoms. The molecule has 0 fully saturated rings. The van der Waals surface area contributed by atoms with Crippen LogP contribution in [-0.4, -0.2) is 16.4 Å². The molecule has 6 nitrogen and oxygen atoms in total. The summed E-state index contributed by atoms with van der Waals surface area (Å²) in [4.78, 5) is 11.6. The number of rotatable bonds is 4. The second-order valence-electron chi connectivity index (χ2n) is 5.97. The third-order valence-electron chi connectivity index (χ3n) is 4.22. The van der Waals surface area contributed by atoms with Gasteiger partial charge in [0.15, 0.2) is 5.76 Å². The monoisotopic (exact) mass is 424 g/mol. The van der Waals surface area contributed by atoms with Gasteiger partial charge in [0.2, 0.25) is 0 Å². The minimum Gasteiger partial charge on any atom is -0.465 e. The molecule has 0 aliphatic rings. The predicted molar refractivity (Wildman–Crippen MR) is 103 cm³/mol. The third kappa shape index (κ3) is 3.44. The molecule has 2 aromatic carbocycles. The van der Waals surface area contributed by atoms with Gasteiger partial charge in [-0.3, -0.25) is 0 Å². The van der Waals surface area contributed by atoms with E-state index in [9.17, 15) is 15.2 Å². The van der Waals surface area contributed by atoms with E-state index in [0.717, 1.165) is 4.47 Å². The predicted octanol–water partition coefficient (Wildman–Crippen LogP) is 4.63. The summed E-state index contributed by atoms with van der Waals surface area (Å²) in [7, 11) is 0. The zero-order chi connectivity index (χ0) is 19.6. The number of hydrogen-bond acceptors (Lipinski definition) is 4. The second kappa shape index (κ2) is 7.25. The summed E-state index contributed by atoms with van der Waals surface area (Å²) >= 11 is 3.38. The summed E-state index contributed by atoms with van der Waals surface area (Å²) in [6.07, 6.45) is -1.28. The normalized spacial score (nSPS) is 12.8. The molecule has 0 saturated carbocycles. The fraction of sp³-hybridized carbons (Fsp3) is 0.100. The molecule has 1 aromatic heterocycles. The third-order valence-corrected chi connectivity index (χ3v) is 4.75. The van der Waals surface area contributed by atoms with Crippen molar-refractivity contribution in [3.63, 3.8) is 0 Å². The van der Waals surface area contributed by atoms with E-state index >= 15 is 0 Å².